The number of halogens is 1. The Morgan fingerprint density at radius 1 is 1.38 bits per heavy atom. The number of benzene rings is 1. The van der Waals surface area contributed by atoms with Crippen molar-refractivity contribution in [1.29, 1.82) is 0 Å². The second-order valence-electron chi connectivity index (χ2n) is 4.02. The lowest BCUT2D eigenvalue weighted by molar-refractivity contribution is 0.195. The molecule has 0 fully saturated rings. The minimum absolute atomic E-state index is 0.824. The van der Waals surface area contributed by atoms with Gasteiger partial charge in [-0.2, -0.15) is 0 Å². The molecule has 0 aliphatic heterocycles. The van der Waals surface area contributed by atoms with Gasteiger partial charge in [-0.05, 0) is 36.6 Å². The number of methoxy groups -OCH3 is 1. The van der Waals surface area contributed by atoms with Gasteiger partial charge in [0.1, 0.15) is 0 Å². The lowest BCUT2D eigenvalue weighted by Gasteiger charge is -1.99. The predicted molar refractivity (Wildman–Crippen MR) is 70.8 cm³/mol. The Hall–Kier alpha value is -0.800. The van der Waals surface area contributed by atoms with Crippen molar-refractivity contribution in [3.05, 3.63) is 34.4 Å². The average Bonchev–Trinajstić information content (AvgIpc) is 2.56. The average molecular weight is 282 g/mol. The molecule has 0 spiro atoms. The molecule has 2 rings (SSSR count). The third kappa shape index (κ3) is 2.30. The topological polar surface area (TPSA) is 14.2 Å². The summed E-state index contributed by atoms with van der Waals surface area (Å²) in [6.07, 6.45) is 4.36. The molecule has 0 bridgehead atoms. The molecule has 3 heteroatoms. The number of rotatable bonds is 4. The summed E-state index contributed by atoms with van der Waals surface area (Å²) >= 11 is 3.52. The third-order valence-corrected chi connectivity index (χ3v) is 3.32. The van der Waals surface area contributed by atoms with Gasteiger partial charge in [0.05, 0.1) is 0 Å². The molecule has 0 N–H and O–H groups in total. The maximum atomic E-state index is 5.09. The van der Waals surface area contributed by atoms with Gasteiger partial charge >= 0.3 is 0 Å². The Morgan fingerprint density at radius 2 is 2.19 bits per heavy atom. The summed E-state index contributed by atoms with van der Waals surface area (Å²) in [5.41, 5.74) is 2.69. The van der Waals surface area contributed by atoms with Gasteiger partial charge in [0.15, 0.2) is 0 Å². The van der Waals surface area contributed by atoms with Gasteiger partial charge in [0, 0.05) is 42.3 Å². The van der Waals surface area contributed by atoms with Crippen LogP contribution in [0.4, 0.5) is 0 Å². The van der Waals surface area contributed by atoms with Gasteiger partial charge < -0.3 is 9.30 Å². The molecular weight excluding hydrogens is 266 g/mol. The maximum absolute atomic E-state index is 5.09. The van der Waals surface area contributed by atoms with Crippen LogP contribution in [0, 0.1) is 0 Å². The van der Waals surface area contributed by atoms with Crippen LogP contribution in [0.5, 0.6) is 0 Å². The molecule has 0 aliphatic rings. The van der Waals surface area contributed by atoms with E-state index in [1.54, 1.807) is 7.11 Å². The number of aromatic nitrogens is 1. The summed E-state index contributed by atoms with van der Waals surface area (Å²) in [6, 6.07) is 6.43. The fourth-order valence-corrected chi connectivity index (χ4v) is 2.41. The van der Waals surface area contributed by atoms with E-state index in [-0.39, 0.29) is 0 Å². The minimum Gasteiger partial charge on any atom is -0.385 e. The summed E-state index contributed by atoms with van der Waals surface area (Å²) in [4.78, 5) is 0. The Labute approximate surface area is 104 Å². The molecule has 0 saturated heterocycles. The lowest BCUT2D eigenvalue weighted by atomic mass is 10.1. The number of hydrogen-bond donors (Lipinski definition) is 0. The van der Waals surface area contributed by atoms with Gasteiger partial charge in [-0.15, -0.1) is 0 Å². The largest absolute Gasteiger partial charge is 0.385 e. The van der Waals surface area contributed by atoms with E-state index in [4.69, 9.17) is 4.74 Å². The standard InChI is InChI=1S/C13H16BrNO/c1-15-9-10(4-3-7-16-2)12-8-11(14)5-6-13(12)15/h5-6,8-9H,3-4,7H2,1-2H3. The molecule has 1 heterocycles. The molecule has 16 heavy (non-hydrogen) atoms. The zero-order valence-corrected chi connectivity index (χ0v) is 11.3. The van der Waals surface area contributed by atoms with Crippen LogP contribution in [0.25, 0.3) is 10.9 Å². The molecule has 0 saturated carbocycles. The Morgan fingerprint density at radius 3 is 2.94 bits per heavy atom. The highest BCUT2D eigenvalue weighted by molar-refractivity contribution is 9.10. The molecule has 86 valence electrons. The van der Waals surface area contributed by atoms with E-state index in [0.29, 0.717) is 0 Å². The number of fused-ring (bicyclic) bond motifs is 1. The van der Waals surface area contributed by atoms with Gasteiger partial charge in [0.25, 0.3) is 0 Å². The molecule has 1 aromatic carbocycles. The van der Waals surface area contributed by atoms with Crippen molar-refractivity contribution in [2.24, 2.45) is 7.05 Å². The highest BCUT2D eigenvalue weighted by atomic mass is 79.9. The number of nitrogens with zero attached hydrogens (tertiary/aromatic N) is 1. The Balaban J connectivity index is 2.33. The van der Waals surface area contributed by atoms with Crippen molar-refractivity contribution in [2.75, 3.05) is 13.7 Å². The monoisotopic (exact) mass is 281 g/mol. The molecule has 2 nitrogen and oxygen atoms in total. The quantitative estimate of drug-likeness (QED) is 0.783. The highest BCUT2D eigenvalue weighted by Gasteiger charge is 2.06. The van der Waals surface area contributed by atoms with Crippen LogP contribution in [0.3, 0.4) is 0 Å². The van der Waals surface area contributed by atoms with E-state index in [2.05, 4.69) is 51.9 Å². The zero-order chi connectivity index (χ0) is 11.5. The first-order valence-corrected chi connectivity index (χ1v) is 6.24. The van der Waals surface area contributed by atoms with E-state index in [1.165, 1.54) is 16.5 Å². The van der Waals surface area contributed by atoms with Crippen molar-refractivity contribution >= 4 is 26.8 Å². The highest BCUT2D eigenvalue weighted by Crippen LogP contribution is 2.25. The lowest BCUT2D eigenvalue weighted by Crippen LogP contribution is -1.91. The fraction of sp³-hybridized carbons (Fsp3) is 0.385. The maximum Gasteiger partial charge on any atom is 0.0481 e. The van der Waals surface area contributed by atoms with Crippen molar-refractivity contribution in [3.63, 3.8) is 0 Å². The van der Waals surface area contributed by atoms with E-state index in [0.717, 1.165) is 23.9 Å². The van der Waals surface area contributed by atoms with Crippen molar-refractivity contribution in [2.45, 2.75) is 12.8 Å². The summed E-state index contributed by atoms with van der Waals surface area (Å²) in [7, 11) is 3.84. The number of aryl methyl sites for hydroxylation is 2. The molecule has 0 unspecified atom stereocenters. The predicted octanol–water partition coefficient (Wildman–Crippen LogP) is 3.52. The second kappa shape index (κ2) is 5.02. The van der Waals surface area contributed by atoms with Crippen LogP contribution in [-0.2, 0) is 18.2 Å². The van der Waals surface area contributed by atoms with Crippen molar-refractivity contribution in [3.8, 4) is 0 Å². The SMILES string of the molecule is COCCCc1cn(C)c2ccc(Br)cc12. The van der Waals surface area contributed by atoms with E-state index >= 15 is 0 Å². The summed E-state index contributed by atoms with van der Waals surface area (Å²) in [6.45, 7) is 0.824. The van der Waals surface area contributed by atoms with Gasteiger partial charge in [-0.3, -0.25) is 0 Å². The molecule has 0 atom stereocenters. The van der Waals surface area contributed by atoms with Crippen LogP contribution in [0.2, 0.25) is 0 Å². The fourth-order valence-electron chi connectivity index (χ4n) is 2.05. The zero-order valence-electron chi connectivity index (χ0n) is 9.66. The first-order chi connectivity index (χ1) is 7.72. The molecule has 2 aromatic rings. The summed E-state index contributed by atoms with van der Waals surface area (Å²) in [5.74, 6) is 0. The molecule has 0 amide bonds. The molecular formula is C13H16BrNO. The van der Waals surface area contributed by atoms with E-state index in [1.807, 2.05) is 0 Å². The first-order valence-electron chi connectivity index (χ1n) is 5.45. The van der Waals surface area contributed by atoms with E-state index in [9.17, 15) is 0 Å². The third-order valence-electron chi connectivity index (χ3n) is 2.83. The van der Waals surface area contributed by atoms with Crippen molar-refractivity contribution in [1.82, 2.24) is 4.57 Å². The van der Waals surface area contributed by atoms with Crippen LogP contribution in [-0.4, -0.2) is 18.3 Å². The summed E-state index contributed by atoms with van der Waals surface area (Å²) < 4.78 is 8.41. The Bertz CT molecular complexity index is 490. The molecule has 0 aliphatic carbocycles. The Kier molecular flexibility index (Phi) is 3.66. The van der Waals surface area contributed by atoms with Crippen LogP contribution in [0.1, 0.15) is 12.0 Å². The van der Waals surface area contributed by atoms with Gasteiger partial charge in [-0.25, -0.2) is 0 Å². The molecule has 0 radical (unpaired) electrons. The second-order valence-corrected chi connectivity index (χ2v) is 4.94. The normalized spacial score (nSPS) is 11.2. The van der Waals surface area contributed by atoms with Gasteiger partial charge in [0.2, 0.25) is 0 Å². The van der Waals surface area contributed by atoms with Crippen LogP contribution >= 0.6 is 15.9 Å². The smallest absolute Gasteiger partial charge is 0.0481 e. The van der Waals surface area contributed by atoms with Crippen LogP contribution in [0.15, 0.2) is 28.9 Å². The first kappa shape index (κ1) is 11.7. The van der Waals surface area contributed by atoms with Crippen LogP contribution < -0.4 is 0 Å². The summed E-state index contributed by atoms with van der Waals surface area (Å²) in [5, 5.41) is 1.34. The molecule has 1 aromatic heterocycles. The van der Waals surface area contributed by atoms with Crippen molar-refractivity contribution < 1.29 is 4.74 Å². The van der Waals surface area contributed by atoms with E-state index < -0.39 is 0 Å². The minimum atomic E-state index is 0.824. The number of hydrogen-bond acceptors (Lipinski definition) is 1. The number of ether oxygens (including phenoxy) is 1. The van der Waals surface area contributed by atoms with Gasteiger partial charge in [-0.1, -0.05) is 15.9 Å².